The second kappa shape index (κ2) is 5.98. The predicted octanol–water partition coefficient (Wildman–Crippen LogP) is 3.31. The summed E-state index contributed by atoms with van der Waals surface area (Å²) < 4.78 is 2.22. The second-order valence-electron chi connectivity index (χ2n) is 6.12. The summed E-state index contributed by atoms with van der Waals surface area (Å²) in [6.45, 7) is 0.966. The standard InChI is InChI=1S/C18H18N4O2/c23-17(21-24)13-7-9-14(10-8-13)19-18-20-15-3-1-2-4-16(15)22(18)11-12-5-6-12/h1-4,7-10,12,24H,5-6,11H2,(H,19,20)(H,21,23). The first-order valence-corrected chi connectivity index (χ1v) is 8.01. The molecule has 24 heavy (non-hydrogen) atoms. The van der Waals surface area contributed by atoms with E-state index in [1.54, 1.807) is 29.7 Å². The summed E-state index contributed by atoms with van der Waals surface area (Å²) in [4.78, 5) is 16.1. The van der Waals surface area contributed by atoms with Crippen molar-refractivity contribution >= 4 is 28.6 Å². The smallest absolute Gasteiger partial charge is 0.274 e. The van der Waals surface area contributed by atoms with E-state index >= 15 is 0 Å². The van der Waals surface area contributed by atoms with Crippen LogP contribution in [-0.2, 0) is 6.54 Å². The summed E-state index contributed by atoms with van der Waals surface area (Å²) in [5, 5.41) is 12.0. The molecule has 2 aromatic carbocycles. The first-order chi connectivity index (χ1) is 11.7. The van der Waals surface area contributed by atoms with Crippen LogP contribution in [0.1, 0.15) is 23.2 Å². The molecule has 0 saturated heterocycles. The van der Waals surface area contributed by atoms with Crippen LogP contribution in [-0.4, -0.2) is 20.7 Å². The molecule has 1 heterocycles. The highest BCUT2D eigenvalue weighted by molar-refractivity contribution is 5.93. The maximum atomic E-state index is 11.4. The number of hydrogen-bond donors (Lipinski definition) is 3. The number of para-hydroxylation sites is 2. The molecular formula is C18H18N4O2. The van der Waals surface area contributed by atoms with Gasteiger partial charge >= 0.3 is 0 Å². The number of carbonyl (C=O) groups excluding carboxylic acids is 1. The van der Waals surface area contributed by atoms with Crippen molar-refractivity contribution in [2.75, 3.05) is 5.32 Å². The zero-order chi connectivity index (χ0) is 16.5. The van der Waals surface area contributed by atoms with Crippen LogP contribution >= 0.6 is 0 Å². The molecule has 0 spiro atoms. The molecule has 3 N–H and O–H groups in total. The number of hydroxylamine groups is 1. The van der Waals surface area contributed by atoms with Crippen LogP contribution < -0.4 is 10.8 Å². The van der Waals surface area contributed by atoms with Crippen molar-refractivity contribution in [3.8, 4) is 0 Å². The number of rotatable bonds is 5. The molecule has 1 fully saturated rings. The van der Waals surface area contributed by atoms with Crippen molar-refractivity contribution in [3.05, 3.63) is 54.1 Å². The van der Waals surface area contributed by atoms with Gasteiger partial charge in [0.2, 0.25) is 5.95 Å². The largest absolute Gasteiger partial charge is 0.326 e. The quantitative estimate of drug-likeness (QED) is 0.497. The van der Waals surface area contributed by atoms with Crippen LogP contribution in [0.3, 0.4) is 0 Å². The van der Waals surface area contributed by atoms with Gasteiger partial charge < -0.3 is 9.88 Å². The number of nitrogens with one attached hydrogen (secondary N) is 2. The molecule has 1 amide bonds. The van der Waals surface area contributed by atoms with E-state index in [0.29, 0.717) is 5.56 Å². The SMILES string of the molecule is O=C(NO)c1ccc(Nc2nc3ccccc3n2CC2CC2)cc1. The average Bonchev–Trinajstić information content (AvgIpc) is 3.37. The van der Waals surface area contributed by atoms with Gasteiger partial charge in [0.25, 0.3) is 5.91 Å². The molecule has 3 aromatic rings. The first kappa shape index (κ1) is 14.7. The number of hydrogen-bond acceptors (Lipinski definition) is 4. The fourth-order valence-corrected chi connectivity index (χ4v) is 2.81. The summed E-state index contributed by atoms with van der Waals surface area (Å²) >= 11 is 0. The van der Waals surface area contributed by atoms with Gasteiger partial charge in [-0.25, -0.2) is 10.5 Å². The normalized spacial score (nSPS) is 13.9. The third-order valence-electron chi connectivity index (χ3n) is 4.30. The molecule has 1 saturated carbocycles. The van der Waals surface area contributed by atoms with E-state index in [-0.39, 0.29) is 0 Å². The number of fused-ring (bicyclic) bond motifs is 1. The van der Waals surface area contributed by atoms with Crippen molar-refractivity contribution in [3.63, 3.8) is 0 Å². The van der Waals surface area contributed by atoms with Gasteiger partial charge in [-0.3, -0.25) is 10.0 Å². The summed E-state index contributed by atoms with van der Waals surface area (Å²) in [7, 11) is 0. The summed E-state index contributed by atoms with van der Waals surface area (Å²) in [5.41, 5.74) is 4.97. The van der Waals surface area contributed by atoms with Gasteiger partial charge in [0.05, 0.1) is 11.0 Å². The third-order valence-corrected chi connectivity index (χ3v) is 4.30. The molecule has 1 aliphatic carbocycles. The van der Waals surface area contributed by atoms with Crippen molar-refractivity contribution < 1.29 is 10.0 Å². The van der Waals surface area contributed by atoms with E-state index in [4.69, 9.17) is 10.2 Å². The molecule has 0 atom stereocenters. The zero-order valence-electron chi connectivity index (χ0n) is 13.1. The maximum Gasteiger partial charge on any atom is 0.274 e. The highest BCUT2D eigenvalue weighted by Gasteiger charge is 2.24. The van der Waals surface area contributed by atoms with E-state index in [1.807, 2.05) is 18.2 Å². The highest BCUT2D eigenvalue weighted by atomic mass is 16.5. The number of imidazole rings is 1. The van der Waals surface area contributed by atoms with Gasteiger partial charge in [-0.1, -0.05) is 12.1 Å². The van der Waals surface area contributed by atoms with Gasteiger partial charge in [0.15, 0.2) is 0 Å². The lowest BCUT2D eigenvalue weighted by Crippen LogP contribution is -2.18. The lowest BCUT2D eigenvalue weighted by molar-refractivity contribution is 0.0706. The molecule has 0 bridgehead atoms. The van der Waals surface area contributed by atoms with E-state index in [2.05, 4.69) is 16.0 Å². The number of aromatic nitrogens is 2. The number of amides is 1. The van der Waals surface area contributed by atoms with Gasteiger partial charge in [-0.2, -0.15) is 0 Å². The molecule has 122 valence electrons. The van der Waals surface area contributed by atoms with Crippen LogP contribution in [0.25, 0.3) is 11.0 Å². The molecule has 0 unspecified atom stereocenters. The second-order valence-corrected chi connectivity index (χ2v) is 6.12. The molecular weight excluding hydrogens is 304 g/mol. The monoisotopic (exact) mass is 322 g/mol. The number of carbonyl (C=O) groups is 1. The van der Waals surface area contributed by atoms with Crippen LogP contribution in [0.5, 0.6) is 0 Å². The minimum atomic E-state index is -0.525. The van der Waals surface area contributed by atoms with Crippen LogP contribution in [0.2, 0.25) is 0 Å². The molecule has 0 aliphatic heterocycles. The zero-order valence-corrected chi connectivity index (χ0v) is 13.1. The van der Waals surface area contributed by atoms with Gasteiger partial charge in [-0.05, 0) is 55.2 Å². The Morgan fingerprint density at radius 3 is 2.62 bits per heavy atom. The first-order valence-electron chi connectivity index (χ1n) is 8.01. The van der Waals surface area contributed by atoms with E-state index in [9.17, 15) is 4.79 Å². The van der Waals surface area contributed by atoms with Crippen LogP contribution in [0.15, 0.2) is 48.5 Å². The third kappa shape index (κ3) is 2.83. The highest BCUT2D eigenvalue weighted by Crippen LogP contribution is 2.34. The van der Waals surface area contributed by atoms with Gasteiger partial charge in [0.1, 0.15) is 0 Å². The van der Waals surface area contributed by atoms with Gasteiger partial charge in [-0.15, -0.1) is 0 Å². The van der Waals surface area contributed by atoms with Crippen molar-refractivity contribution in [1.29, 1.82) is 0 Å². The predicted molar refractivity (Wildman–Crippen MR) is 91.4 cm³/mol. The van der Waals surface area contributed by atoms with E-state index in [0.717, 1.165) is 35.1 Å². The Bertz CT molecular complexity index is 882. The molecule has 6 heteroatoms. The summed E-state index contributed by atoms with van der Waals surface area (Å²) in [5.74, 6) is 1.02. The Morgan fingerprint density at radius 1 is 1.17 bits per heavy atom. The minimum absolute atomic E-state index is 0.398. The molecule has 0 radical (unpaired) electrons. The van der Waals surface area contributed by atoms with E-state index < -0.39 is 5.91 Å². The number of anilines is 2. The number of nitrogens with zero attached hydrogens (tertiary/aromatic N) is 2. The van der Waals surface area contributed by atoms with Crippen LogP contribution in [0, 0.1) is 5.92 Å². The topological polar surface area (TPSA) is 79.2 Å². The fourth-order valence-electron chi connectivity index (χ4n) is 2.81. The molecule has 1 aliphatic rings. The van der Waals surface area contributed by atoms with Gasteiger partial charge in [0, 0.05) is 17.8 Å². The minimum Gasteiger partial charge on any atom is -0.326 e. The Hall–Kier alpha value is -2.86. The molecule has 1 aromatic heterocycles. The van der Waals surface area contributed by atoms with Crippen molar-refractivity contribution in [2.24, 2.45) is 5.92 Å². The Kier molecular flexibility index (Phi) is 3.66. The fraction of sp³-hybridized carbons (Fsp3) is 0.222. The Morgan fingerprint density at radius 2 is 1.92 bits per heavy atom. The van der Waals surface area contributed by atoms with Crippen LogP contribution in [0.4, 0.5) is 11.6 Å². The molecule has 6 nitrogen and oxygen atoms in total. The lowest BCUT2D eigenvalue weighted by Gasteiger charge is -2.10. The van der Waals surface area contributed by atoms with Crippen molar-refractivity contribution in [1.82, 2.24) is 15.0 Å². The van der Waals surface area contributed by atoms with E-state index in [1.165, 1.54) is 12.8 Å². The Labute approximate surface area is 139 Å². The average molecular weight is 322 g/mol. The lowest BCUT2D eigenvalue weighted by atomic mass is 10.2. The Balaban J connectivity index is 1.64. The van der Waals surface area contributed by atoms with Crippen molar-refractivity contribution in [2.45, 2.75) is 19.4 Å². The maximum absolute atomic E-state index is 11.4. The summed E-state index contributed by atoms with van der Waals surface area (Å²) in [6, 6.07) is 15.0. The summed E-state index contributed by atoms with van der Waals surface area (Å²) in [6.07, 6.45) is 2.55. The molecule has 4 rings (SSSR count). The number of benzene rings is 2.